The Morgan fingerprint density at radius 1 is 1.10 bits per heavy atom. The molecule has 0 radical (unpaired) electrons. The molecule has 0 saturated carbocycles. The minimum absolute atomic E-state index is 0. The third-order valence-corrected chi connectivity index (χ3v) is 7.17. The van der Waals surface area contributed by atoms with Crippen molar-refractivity contribution in [1.82, 2.24) is 25.1 Å². The second-order valence-corrected chi connectivity index (χ2v) is 9.72. The van der Waals surface area contributed by atoms with Crippen LogP contribution < -0.4 is 21.3 Å². The normalized spacial score (nSPS) is 19.2. The molecule has 4 N–H and O–H groups in total. The fourth-order valence-corrected chi connectivity index (χ4v) is 5.05. The van der Waals surface area contributed by atoms with Crippen LogP contribution in [-0.4, -0.2) is 102 Å². The highest BCUT2D eigenvalue weighted by molar-refractivity contribution is 6.06. The van der Waals surface area contributed by atoms with Gasteiger partial charge in [-0.15, -0.1) is 12.4 Å². The van der Waals surface area contributed by atoms with E-state index in [4.69, 9.17) is 10.5 Å². The lowest BCUT2D eigenvalue weighted by Gasteiger charge is -2.35. The second-order valence-electron chi connectivity index (χ2n) is 9.72. The molecule has 14 heteroatoms. The Labute approximate surface area is 237 Å². The molecule has 1 aromatic heterocycles. The largest absolute Gasteiger partial charge is 0.379 e. The van der Waals surface area contributed by atoms with Crippen LogP contribution in [0.4, 0.5) is 11.4 Å². The number of carbonyl (C=O) groups excluding carboxylic acids is 4. The van der Waals surface area contributed by atoms with Gasteiger partial charge >= 0.3 is 0 Å². The van der Waals surface area contributed by atoms with E-state index in [1.165, 1.54) is 4.90 Å². The van der Waals surface area contributed by atoms with Gasteiger partial charge in [-0.1, -0.05) is 0 Å². The molecule has 0 bridgehead atoms. The highest BCUT2D eigenvalue weighted by Gasteiger charge is 2.39. The van der Waals surface area contributed by atoms with Crippen LogP contribution in [-0.2, 0) is 20.9 Å². The number of hydrogen-bond acceptors (Lipinski definition) is 10. The fourth-order valence-electron chi connectivity index (χ4n) is 5.05. The number of piperidine rings is 1. The molecule has 1 unspecified atom stereocenters. The van der Waals surface area contributed by atoms with Gasteiger partial charge in [0.25, 0.3) is 11.8 Å². The van der Waals surface area contributed by atoms with Crippen LogP contribution in [0, 0.1) is 0 Å². The van der Waals surface area contributed by atoms with Crippen LogP contribution in [0.5, 0.6) is 0 Å². The summed E-state index contributed by atoms with van der Waals surface area (Å²) >= 11 is 0. The lowest BCUT2D eigenvalue weighted by atomic mass is 10.0. The SMILES string of the molecule is Cl.NCCOCCN1CCN(c2cnc(C(=O)Nc3ccc4c(c3)CN(C3CCC(=O)NC3=O)C4=O)nc2)CC1. The quantitative estimate of drug-likeness (QED) is 0.275. The molecule has 3 aliphatic heterocycles. The van der Waals surface area contributed by atoms with Gasteiger partial charge in [-0.05, 0) is 30.2 Å². The lowest BCUT2D eigenvalue weighted by Crippen LogP contribution is -2.52. The number of imide groups is 1. The van der Waals surface area contributed by atoms with E-state index in [1.807, 2.05) is 0 Å². The maximum absolute atomic E-state index is 12.9. The first-order valence-electron chi connectivity index (χ1n) is 13.1. The van der Waals surface area contributed by atoms with Gasteiger partial charge in [0.05, 0.1) is 31.3 Å². The van der Waals surface area contributed by atoms with Crippen molar-refractivity contribution >= 4 is 47.4 Å². The summed E-state index contributed by atoms with van der Waals surface area (Å²) in [4.78, 5) is 63.9. The zero-order chi connectivity index (χ0) is 27.4. The number of nitrogens with two attached hydrogens (primary N) is 1. The van der Waals surface area contributed by atoms with Crippen molar-refractivity contribution in [2.24, 2.45) is 5.73 Å². The molecule has 13 nitrogen and oxygen atoms in total. The Hall–Kier alpha value is -3.65. The van der Waals surface area contributed by atoms with E-state index in [0.717, 1.165) is 38.4 Å². The smallest absolute Gasteiger partial charge is 0.293 e. The van der Waals surface area contributed by atoms with E-state index < -0.39 is 17.9 Å². The topological polar surface area (TPSA) is 163 Å². The molecule has 0 spiro atoms. The maximum atomic E-state index is 12.9. The zero-order valence-corrected chi connectivity index (χ0v) is 22.8. The first-order valence-corrected chi connectivity index (χ1v) is 13.1. The summed E-state index contributed by atoms with van der Waals surface area (Å²) in [6, 6.07) is 4.29. The van der Waals surface area contributed by atoms with E-state index >= 15 is 0 Å². The molecule has 5 rings (SSSR count). The van der Waals surface area contributed by atoms with Crippen molar-refractivity contribution in [2.75, 3.05) is 62.7 Å². The fraction of sp³-hybridized carbons (Fsp3) is 0.462. The van der Waals surface area contributed by atoms with Gasteiger partial charge < -0.3 is 25.6 Å². The van der Waals surface area contributed by atoms with Gasteiger partial charge in [0, 0.05) is 63.5 Å². The number of fused-ring (bicyclic) bond motifs is 1. The van der Waals surface area contributed by atoms with Gasteiger partial charge in [0.2, 0.25) is 17.6 Å². The number of nitrogens with zero attached hydrogens (tertiary/aromatic N) is 5. The Kier molecular flexibility index (Phi) is 9.63. The lowest BCUT2D eigenvalue weighted by molar-refractivity contribution is -0.136. The van der Waals surface area contributed by atoms with Crippen LogP contribution in [0.25, 0.3) is 0 Å². The molecule has 2 fully saturated rings. The number of nitrogens with one attached hydrogen (secondary N) is 2. The Balaban J connectivity index is 0.00000370. The molecule has 40 heavy (non-hydrogen) atoms. The first-order chi connectivity index (χ1) is 18.9. The summed E-state index contributed by atoms with van der Waals surface area (Å²) in [6.07, 6.45) is 3.79. The molecule has 1 aromatic carbocycles. The molecule has 2 saturated heterocycles. The summed E-state index contributed by atoms with van der Waals surface area (Å²) in [7, 11) is 0. The molecule has 4 heterocycles. The van der Waals surface area contributed by atoms with Gasteiger partial charge in [0.15, 0.2) is 0 Å². The summed E-state index contributed by atoms with van der Waals surface area (Å²) < 4.78 is 5.46. The minimum Gasteiger partial charge on any atom is -0.379 e. The molecule has 3 aliphatic rings. The molecule has 0 aliphatic carbocycles. The van der Waals surface area contributed by atoms with Crippen molar-refractivity contribution in [3.8, 4) is 0 Å². The van der Waals surface area contributed by atoms with E-state index in [2.05, 4.69) is 30.4 Å². The number of carbonyl (C=O) groups is 4. The van der Waals surface area contributed by atoms with Gasteiger partial charge in [-0.25, -0.2) is 9.97 Å². The molecule has 4 amide bonds. The third kappa shape index (κ3) is 6.55. The average Bonchev–Trinajstić information content (AvgIpc) is 3.26. The van der Waals surface area contributed by atoms with Gasteiger partial charge in [-0.3, -0.25) is 29.4 Å². The number of rotatable bonds is 9. The van der Waals surface area contributed by atoms with Crippen LogP contribution in [0.2, 0.25) is 0 Å². The number of benzene rings is 1. The molecule has 2 aromatic rings. The van der Waals surface area contributed by atoms with Crippen molar-refractivity contribution in [2.45, 2.75) is 25.4 Å². The predicted molar refractivity (Wildman–Crippen MR) is 148 cm³/mol. The highest BCUT2D eigenvalue weighted by atomic mass is 35.5. The summed E-state index contributed by atoms with van der Waals surface area (Å²) in [5, 5.41) is 5.08. The monoisotopic (exact) mass is 572 g/mol. The Morgan fingerprint density at radius 2 is 1.85 bits per heavy atom. The summed E-state index contributed by atoms with van der Waals surface area (Å²) in [6.45, 7) is 6.33. The van der Waals surface area contributed by atoms with Crippen LogP contribution in [0.15, 0.2) is 30.6 Å². The maximum Gasteiger partial charge on any atom is 0.293 e. The number of aromatic nitrogens is 2. The summed E-state index contributed by atoms with van der Waals surface area (Å²) in [5.41, 5.74) is 7.97. The summed E-state index contributed by atoms with van der Waals surface area (Å²) in [5.74, 6) is -1.48. The van der Waals surface area contributed by atoms with Crippen LogP contribution in [0.3, 0.4) is 0 Å². The number of piperazine rings is 1. The van der Waals surface area contributed by atoms with Crippen molar-refractivity contribution in [3.05, 3.63) is 47.5 Å². The zero-order valence-electron chi connectivity index (χ0n) is 22.0. The van der Waals surface area contributed by atoms with Crippen molar-refractivity contribution in [1.29, 1.82) is 0 Å². The Morgan fingerprint density at radius 3 is 2.55 bits per heavy atom. The average molecular weight is 573 g/mol. The van der Waals surface area contributed by atoms with Crippen LogP contribution in [0.1, 0.15) is 39.4 Å². The molecular formula is C26H33ClN8O5. The van der Waals surface area contributed by atoms with Crippen molar-refractivity contribution < 1.29 is 23.9 Å². The first kappa shape index (κ1) is 29.3. The molecule has 1 atom stereocenters. The third-order valence-electron chi connectivity index (χ3n) is 7.17. The second kappa shape index (κ2) is 13.1. The van der Waals surface area contributed by atoms with Crippen molar-refractivity contribution in [3.63, 3.8) is 0 Å². The number of amides is 4. The standard InChI is InChI=1S/C26H32N8O5.ClH/c27-5-11-39-12-10-32-6-8-33(9-7-32)19-14-28-23(29-15-19)25(37)30-18-1-2-20-17(13-18)16-34(26(20)38)21-3-4-22(35)31-24(21)36;/h1-2,13-15,21H,3-12,16,27H2,(H,30,37)(H,31,35,36);1H. The van der Waals surface area contributed by atoms with Gasteiger partial charge in [0.1, 0.15) is 6.04 Å². The number of anilines is 2. The van der Waals surface area contributed by atoms with E-state index in [-0.39, 0.29) is 43.0 Å². The Bertz CT molecular complexity index is 1250. The number of ether oxygens (including phenoxy) is 1. The minimum atomic E-state index is -0.689. The van der Waals surface area contributed by atoms with E-state index in [1.54, 1.807) is 30.6 Å². The van der Waals surface area contributed by atoms with E-state index in [0.29, 0.717) is 43.0 Å². The number of hydrogen-bond donors (Lipinski definition) is 3. The van der Waals surface area contributed by atoms with Gasteiger partial charge in [-0.2, -0.15) is 0 Å². The van der Waals surface area contributed by atoms with E-state index in [9.17, 15) is 19.2 Å². The van der Waals surface area contributed by atoms with Crippen LogP contribution >= 0.6 is 12.4 Å². The highest BCUT2D eigenvalue weighted by Crippen LogP contribution is 2.29. The number of halogens is 1. The molecular weight excluding hydrogens is 540 g/mol. The predicted octanol–water partition coefficient (Wildman–Crippen LogP) is 0.00900. The molecule has 214 valence electrons.